The van der Waals surface area contributed by atoms with Gasteiger partial charge < -0.3 is 0 Å². The van der Waals surface area contributed by atoms with Crippen LogP contribution in [0.25, 0.3) is 0 Å². The first kappa shape index (κ1) is 38.6. The zero-order valence-corrected chi connectivity index (χ0v) is 29.0. The van der Waals surface area contributed by atoms with Crippen molar-refractivity contribution in [3.8, 4) is 0 Å². The van der Waals surface area contributed by atoms with Crippen LogP contribution < -0.4 is 0 Å². The number of aryl methyl sites for hydroxylation is 1. The summed E-state index contributed by atoms with van der Waals surface area (Å²) in [6.45, 7) is 11.6. The van der Waals surface area contributed by atoms with Gasteiger partial charge in [-0.15, -0.1) is 0 Å². The Hall–Kier alpha value is -0.470. The molecule has 0 saturated heterocycles. The molecule has 242 valence electrons. The number of hydrogen-bond acceptors (Lipinski definition) is 3. The monoisotopic (exact) mass is 595 g/mol. The molecule has 0 aliphatic heterocycles. The molecule has 0 aliphatic rings. The van der Waals surface area contributed by atoms with E-state index in [1.807, 2.05) is 0 Å². The second kappa shape index (κ2) is 21.3. The van der Waals surface area contributed by atoms with Gasteiger partial charge >= 0.3 is 176 Å². The van der Waals surface area contributed by atoms with Crippen LogP contribution in [0.2, 0.25) is 0 Å². The standard InChI is InChI=1S/C37H71O3P/c1-6-7-8-9-10-11-13-16-19-22-25-31-41(38,39,40)32-26-23-20-17-14-12-15-18-21-24-30-36(37(3,4)5)35-29-27-28-34(2)33-35/h27-29,33,36,38-40H,6-26,30-32H2,1-5H3. The fourth-order valence-electron chi connectivity index (χ4n) is 6.40. The van der Waals surface area contributed by atoms with E-state index >= 15 is 0 Å². The van der Waals surface area contributed by atoms with Crippen molar-refractivity contribution in [3.05, 3.63) is 35.4 Å². The third-order valence-corrected chi connectivity index (χ3v) is 11.5. The summed E-state index contributed by atoms with van der Waals surface area (Å²) in [5, 5.41) is 0. The van der Waals surface area contributed by atoms with E-state index in [1.165, 1.54) is 114 Å². The topological polar surface area (TPSA) is 60.7 Å². The van der Waals surface area contributed by atoms with Gasteiger partial charge in [0.25, 0.3) is 0 Å². The zero-order chi connectivity index (χ0) is 30.5. The Morgan fingerprint density at radius 1 is 0.585 bits per heavy atom. The van der Waals surface area contributed by atoms with Crippen LogP contribution in [0.5, 0.6) is 0 Å². The Morgan fingerprint density at radius 3 is 1.37 bits per heavy atom. The Labute approximate surface area is 256 Å². The SMILES string of the molecule is CCCCCCCCCCCCCP(O)(O)(O)CCCCCCCCCCCCC(c1cccc(C)c1)C(C)(C)C. The van der Waals surface area contributed by atoms with Crippen LogP contribution in [0, 0.1) is 12.3 Å². The van der Waals surface area contributed by atoms with Crippen molar-refractivity contribution in [2.45, 2.75) is 182 Å². The molecule has 0 amide bonds. The zero-order valence-electron chi connectivity index (χ0n) is 28.1. The van der Waals surface area contributed by atoms with E-state index in [9.17, 15) is 14.7 Å². The van der Waals surface area contributed by atoms with E-state index in [-0.39, 0.29) is 12.3 Å². The van der Waals surface area contributed by atoms with Gasteiger partial charge in [0.15, 0.2) is 0 Å². The summed E-state index contributed by atoms with van der Waals surface area (Å²) in [6, 6.07) is 9.09. The third-order valence-electron chi connectivity index (χ3n) is 9.07. The Kier molecular flexibility index (Phi) is 20.0. The molecule has 0 heterocycles. The van der Waals surface area contributed by atoms with E-state index in [1.54, 1.807) is 0 Å². The van der Waals surface area contributed by atoms with Gasteiger partial charge in [-0.3, -0.25) is 0 Å². The minimum Gasteiger partial charge on any atom is -0.0617 e. The van der Waals surface area contributed by atoms with E-state index in [0.29, 0.717) is 11.3 Å². The first-order chi connectivity index (χ1) is 19.4. The molecule has 0 spiro atoms. The van der Waals surface area contributed by atoms with Crippen molar-refractivity contribution >= 4 is 7.28 Å². The van der Waals surface area contributed by atoms with Gasteiger partial charge in [-0.05, 0) is 23.8 Å². The minimum absolute atomic E-state index is 0.196. The van der Waals surface area contributed by atoms with Gasteiger partial charge in [0.05, 0.1) is 0 Å². The van der Waals surface area contributed by atoms with Crippen molar-refractivity contribution < 1.29 is 14.7 Å². The van der Waals surface area contributed by atoms with Crippen molar-refractivity contribution in [2.75, 3.05) is 12.3 Å². The molecule has 0 saturated carbocycles. The number of unbranched alkanes of at least 4 members (excludes halogenated alkanes) is 19. The van der Waals surface area contributed by atoms with Gasteiger partial charge in [0.1, 0.15) is 0 Å². The normalized spacial score (nSPS) is 14.2. The average Bonchev–Trinajstić information content (AvgIpc) is 2.89. The molecule has 4 heteroatoms. The van der Waals surface area contributed by atoms with Gasteiger partial charge in [0, 0.05) is 0 Å². The van der Waals surface area contributed by atoms with E-state index in [2.05, 4.69) is 58.9 Å². The summed E-state index contributed by atoms with van der Waals surface area (Å²) in [6.07, 6.45) is 27.1. The van der Waals surface area contributed by atoms with E-state index in [4.69, 9.17) is 0 Å². The number of rotatable bonds is 26. The maximum absolute atomic E-state index is 10.5. The Morgan fingerprint density at radius 2 is 0.976 bits per heavy atom. The molecule has 0 bridgehead atoms. The predicted octanol–water partition coefficient (Wildman–Crippen LogP) is 12.0. The summed E-state index contributed by atoms with van der Waals surface area (Å²) in [5.74, 6) is 0.625. The summed E-state index contributed by atoms with van der Waals surface area (Å²) in [5.41, 5.74) is 3.16. The van der Waals surface area contributed by atoms with E-state index < -0.39 is 7.28 Å². The first-order valence-electron chi connectivity index (χ1n) is 17.7. The van der Waals surface area contributed by atoms with Crippen molar-refractivity contribution in [3.63, 3.8) is 0 Å². The van der Waals surface area contributed by atoms with Crippen LogP contribution in [-0.2, 0) is 0 Å². The Bertz CT molecular complexity index is 761. The first-order valence-corrected chi connectivity index (χ1v) is 20.2. The predicted molar refractivity (Wildman–Crippen MR) is 184 cm³/mol. The van der Waals surface area contributed by atoms with Crippen LogP contribution in [0.15, 0.2) is 24.3 Å². The van der Waals surface area contributed by atoms with Gasteiger partial charge in [-0.2, -0.15) is 0 Å². The Balaban J connectivity index is 2.00. The summed E-state index contributed by atoms with van der Waals surface area (Å²) >= 11 is 0. The molecule has 0 fully saturated rings. The molecule has 3 nitrogen and oxygen atoms in total. The van der Waals surface area contributed by atoms with Crippen molar-refractivity contribution in [1.29, 1.82) is 0 Å². The molecule has 1 aromatic rings. The van der Waals surface area contributed by atoms with Crippen molar-refractivity contribution in [1.82, 2.24) is 0 Å². The molecule has 1 rings (SSSR count). The molecule has 1 atom stereocenters. The molecular formula is C37H71O3P. The number of benzene rings is 1. The molecule has 3 N–H and O–H groups in total. The molecule has 0 radical (unpaired) electrons. The van der Waals surface area contributed by atoms with Crippen molar-refractivity contribution in [2.24, 2.45) is 5.41 Å². The average molecular weight is 595 g/mol. The summed E-state index contributed by atoms with van der Waals surface area (Å²) in [7, 11) is -4.41. The van der Waals surface area contributed by atoms with Gasteiger partial charge in [-0.25, -0.2) is 0 Å². The fraction of sp³-hybridized carbons (Fsp3) is 0.838. The quantitative estimate of drug-likeness (QED) is 0.0738. The molecule has 1 unspecified atom stereocenters. The molecule has 0 aromatic heterocycles. The van der Waals surface area contributed by atoms with Crippen LogP contribution in [-0.4, -0.2) is 27.0 Å². The maximum atomic E-state index is 10.5. The second-order valence-electron chi connectivity index (χ2n) is 14.5. The van der Waals surface area contributed by atoms with Crippen LogP contribution >= 0.6 is 7.28 Å². The minimum atomic E-state index is -4.41. The van der Waals surface area contributed by atoms with Gasteiger partial charge in [0.2, 0.25) is 0 Å². The molecule has 0 aliphatic carbocycles. The second-order valence-corrected chi connectivity index (χ2v) is 18.1. The molecule has 41 heavy (non-hydrogen) atoms. The fourth-order valence-corrected chi connectivity index (χ4v) is 8.36. The van der Waals surface area contributed by atoms with E-state index in [0.717, 1.165) is 38.5 Å². The summed E-state index contributed by atoms with van der Waals surface area (Å²) < 4.78 is 0. The van der Waals surface area contributed by atoms with Crippen LogP contribution in [0.4, 0.5) is 0 Å². The van der Waals surface area contributed by atoms with Crippen LogP contribution in [0.3, 0.4) is 0 Å². The molecule has 1 aromatic carbocycles. The summed E-state index contributed by atoms with van der Waals surface area (Å²) in [4.78, 5) is 31.4. The third kappa shape index (κ3) is 21.0. The smallest absolute Gasteiger partial charge is 0.0617 e. The molecular weight excluding hydrogens is 523 g/mol. The van der Waals surface area contributed by atoms with Gasteiger partial charge in [-0.1, -0.05) is 57.5 Å². The number of hydrogen-bond donors (Lipinski definition) is 3. The van der Waals surface area contributed by atoms with Crippen LogP contribution in [0.1, 0.15) is 186 Å².